The highest BCUT2D eigenvalue weighted by atomic mass is 32.2. The summed E-state index contributed by atoms with van der Waals surface area (Å²) in [4.78, 5) is 27.1. The fraction of sp³-hybridized carbons (Fsp3) is 0.366. The van der Waals surface area contributed by atoms with Gasteiger partial charge in [-0.05, 0) is 52.6 Å². The van der Waals surface area contributed by atoms with Gasteiger partial charge in [-0.15, -0.1) is 0 Å². The van der Waals surface area contributed by atoms with Crippen molar-refractivity contribution in [2.45, 2.75) is 78.6 Å². The number of aliphatic hydroxyl groups is 8. The Morgan fingerprint density at radius 3 is 2.05 bits per heavy atom. The number of sulfone groups is 1. The van der Waals surface area contributed by atoms with E-state index in [-0.39, 0.29) is 22.6 Å². The lowest BCUT2D eigenvalue weighted by Gasteiger charge is -2.47. The first-order chi connectivity index (χ1) is 28.5. The lowest BCUT2D eigenvalue weighted by molar-refractivity contribution is -0.271. The standard InChI is InChI=1S/C41H42FNO16S/c42-23-13-10-20(11-14-23)26(45)18-60(55,56)38-29(43(39(38)52)24-4-2-1-3-5-24)25-15-12-22(16-27(25)58-41-35(51)32(48)34(50)37(59-41)40(53)54)19-6-8-21(9-7-19)36-33(49)31(47)30(46)28(17-44)57-36/h1-16,26,28-38,41,44-51H,17-18H2,(H,53,54)/t26-,28+,29+,30+,31-,32?,33+,34?,35?,36?,37?,38+,41+/m0/s1. The molecule has 3 aliphatic rings. The highest BCUT2D eigenvalue weighted by Gasteiger charge is 2.57. The molecular formula is C41H42FNO16S. The van der Waals surface area contributed by atoms with Gasteiger partial charge in [-0.2, -0.15) is 0 Å². The van der Waals surface area contributed by atoms with E-state index in [4.69, 9.17) is 14.2 Å². The fourth-order valence-electron chi connectivity index (χ4n) is 7.67. The molecule has 4 aromatic carbocycles. The summed E-state index contributed by atoms with van der Waals surface area (Å²) < 4.78 is 59.1. The molecule has 5 unspecified atom stereocenters. The Morgan fingerprint density at radius 2 is 1.42 bits per heavy atom. The number of aliphatic hydroxyl groups excluding tert-OH is 8. The number of carboxylic acid groups (broad SMARTS) is 1. The minimum atomic E-state index is -4.56. The molecule has 0 spiro atoms. The first kappa shape index (κ1) is 43.2. The predicted molar refractivity (Wildman–Crippen MR) is 205 cm³/mol. The molecule has 3 heterocycles. The number of anilines is 1. The van der Waals surface area contributed by atoms with Gasteiger partial charge in [-0.25, -0.2) is 17.6 Å². The van der Waals surface area contributed by atoms with Crippen LogP contribution < -0.4 is 9.64 Å². The second kappa shape index (κ2) is 17.2. The topological polar surface area (TPSA) is 281 Å². The molecule has 3 aliphatic heterocycles. The van der Waals surface area contributed by atoms with E-state index in [2.05, 4.69) is 0 Å². The molecule has 0 aliphatic carbocycles. The second-order valence-electron chi connectivity index (χ2n) is 14.8. The Morgan fingerprint density at radius 1 is 0.783 bits per heavy atom. The maximum Gasteiger partial charge on any atom is 0.335 e. The third kappa shape index (κ3) is 8.14. The molecule has 60 heavy (non-hydrogen) atoms. The number of carbonyl (C=O) groups is 2. The number of benzene rings is 4. The first-order valence-electron chi connectivity index (χ1n) is 18.7. The highest BCUT2D eigenvalue weighted by molar-refractivity contribution is 7.93. The monoisotopic (exact) mass is 855 g/mol. The van der Waals surface area contributed by atoms with E-state index in [0.29, 0.717) is 16.7 Å². The number of ether oxygens (including phenoxy) is 3. The summed E-state index contributed by atoms with van der Waals surface area (Å²) in [7, 11) is -4.56. The summed E-state index contributed by atoms with van der Waals surface area (Å²) in [5, 5.41) is 91.5. The lowest BCUT2D eigenvalue weighted by atomic mass is 9.89. The Balaban J connectivity index is 1.30. The number of para-hydroxylation sites is 1. The minimum absolute atomic E-state index is 0.00766. The van der Waals surface area contributed by atoms with Crippen molar-refractivity contribution in [1.82, 2.24) is 0 Å². The van der Waals surface area contributed by atoms with Crippen LogP contribution in [0.25, 0.3) is 11.1 Å². The van der Waals surface area contributed by atoms with Crippen molar-refractivity contribution in [3.05, 3.63) is 120 Å². The van der Waals surface area contributed by atoms with E-state index in [1.54, 1.807) is 48.5 Å². The van der Waals surface area contributed by atoms with Gasteiger partial charge in [-0.1, -0.05) is 66.7 Å². The second-order valence-corrected chi connectivity index (χ2v) is 17.0. The molecule has 4 aromatic rings. The zero-order chi connectivity index (χ0) is 43.2. The van der Waals surface area contributed by atoms with Gasteiger partial charge in [0.15, 0.2) is 21.2 Å². The van der Waals surface area contributed by atoms with Gasteiger partial charge in [-0.3, -0.25) is 4.79 Å². The zero-order valence-electron chi connectivity index (χ0n) is 31.3. The van der Waals surface area contributed by atoms with Crippen molar-refractivity contribution < 1.29 is 82.6 Å². The van der Waals surface area contributed by atoms with Crippen molar-refractivity contribution in [3.63, 3.8) is 0 Å². The van der Waals surface area contributed by atoms with Crippen LogP contribution in [0.1, 0.15) is 34.9 Å². The Labute approximate surface area is 341 Å². The third-order valence-corrected chi connectivity index (χ3v) is 13.0. The largest absolute Gasteiger partial charge is 0.479 e. The van der Waals surface area contributed by atoms with Crippen molar-refractivity contribution in [2.75, 3.05) is 17.3 Å². The number of halogens is 1. The number of amides is 1. The summed E-state index contributed by atoms with van der Waals surface area (Å²) in [6, 6.07) is 21.7. The van der Waals surface area contributed by atoms with Crippen molar-refractivity contribution >= 4 is 27.4 Å². The molecule has 3 fully saturated rings. The van der Waals surface area contributed by atoms with E-state index in [0.717, 1.165) is 12.1 Å². The van der Waals surface area contributed by atoms with Crippen LogP contribution in [0.15, 0.2) is 97.1 Å². The van der Waals surface area contributed by atoms with Crippen molar-refractivity contribution in [2.24, 2.45) is 0 Å². The maximum absolute atomic E-state index is 14.2. The summed E-state index contributed by atoms with van der Waals surface area (Å²) in [6.07, 6.45) is -18.9. The number of carbonyl (C=O) groups excluding carboxylic acids is 1. The number of carboxylic acids is 1. The smallest absolute Gasteiger partial charge is 0.335 e. The van der Waals surface area contributed by atoms with E-state index < -0.39 is 119 Å². The number of aliphatic carboxylic acids is 1. The van der Waals surface area contributed by atoms with Gasteiger partial charge in [0.25, 0.3) is 0 Å². The van der Waals surface area contributed by atoms with Crippen LogP contribution in [0.2, 0.25) is 0 Å². The molecular weight excluding hydrogens is 814 g/mol. The van der Waals surface area contributed by atoms with Crippen molar-refractivity contribution in [3.8, 4) is 16.9 Å². The fourth-order valence-corrected chi connectivity index (χ4v) is 9.59. The van der Waals surface area contributed by atoms with E-state index in [9.17, 15) is 68.4 Å². The number of hydrogen-bond donors (Lipinski definition) is 9. The molecule has 320 valence electrons. The molecule has 19 heteroatoms. The summed E-state index contributed by atoms with van der Waals surface area (Å²) >= 11 is 0. The van der Waals surface area contributed by atoms with Crippen LogP contribution in [-0.2, 0) is 28.9 Å². The van der Waals surface area contributed by atoms with Gasteiger partial charge < -0.3 is 65.1 Å². The molecule has 13 atom stereocenters. The Kier molecular flexibility index (Phi) is 12.4. The zero-order valence-corrected chi connectivity index (χ0v) is 32.1. The molecule has 0 saturated carbocycles. The van der Waals surface area contributed by atoms with Crippen LogP contribution in [0.4, 0.5) is 10.1 Å². The number of β-lactam (4-membered cyclic amide) rings is 1. The number of nitrogens with zero attached hydrogens (tertiary/aromatic N) is 1. The van der Waals surface area contributed by atoms with Crippen LogP contribution in [0, 0.1) is 5.82 Å². The van der Waals surface area contributed by atoms with Crippen LogP contribution in [0.3, 0.4) is 0 Å². The van der Waals surface area contributed by atoms with Crippen LogP contribution in [0.5, 0.6) is 5.75 Å². The predicted octanol–water partition coefficient (Wildman–Crippen LogP) is -0.117. The lowest BCUT2D eigenvalue weighted by Crippen LogP contribution is -2.63. The quantitative estimate of drug-likeness (QED) is 0.0841. The Hall–Kier alpha value is -4.90. The highest BCUT2D eigenvalue weighted by Crippen LogP contribution is 2.48. The van der Waals surface area contributed by atoms with E-state index >= 15 is 0 Å². The molecule has 3 saturated heterocycles. The van der Waals surface area contributed by atoms with Gasteiger partial charge in [0.05, 0.1) is 24.5 Å². The number of hydrogen-bond acceptors (Lipinski definition) is 15. The third-order valence-electron chi connectivity index (χ3n) is 11.0. The molecule has 0 bridgehead atoms. The molecule has 17 nitrogen and oxygen atoms in total. The molecule has 7 rings (SSSR count). The first-order valence-corrected chi connectivity index (χ1v) is 20.4. The average molecular weight is 856 g/mol. The molecule has 0 radical (unpaired) electrons. The molecule has 0 aromatic heterocycles. The van der Waals surface area contributed by atoms with Gasteiger partial charge in [0.1, 0.15) is 60.4 Å². The van der Waals surface area contributed by atoms with Gasteiger partial charge >= 0.3 is 5.97 Å². The van der Waals surface area contributed by atoms with Gasteiger partial charge in [0, 0.05) is 11.3 Å². The average Bonchev–Trinajstić information content (AvgIpc) is 3.22. The summed E-state index contributed by atoms with van der Waals surface area (Å²) in [6.45, 7) is -0.636. The van der Waals surface area contributed by atoms with E-state index in [1.165, 1.54) is 41.3 Å². The van der Waals surface area contributed by atoms with Gasteiger partial charge in [0.2, 0.25) is 12.2 Å². The number of rotatable bonds is 12. The van der Waals surface area contributed by atoms with Crippen LogP contribution >= 0.6 is 0 Å². The Bertz CT molecular complexity index is 2280. The molecule has 9 N–H and O–H groups in total. The van der Waals surface area contributed by atoms with Crippen molar-refractivity contribution in [1.29, 1.82) is 0 Å². The summed E-state index contributed by atoms with van der Waals surface area (Å²) in [5.41, 5.74) is 1.53. The minimum Gasteiger partial charge on any atom is -0.479 e. The maximum atomic E-state index is 14.2. The normalized spacial score (nSPS) is 31.3. The van der Waals surface area contributed by atoms with Crippen LogP contribution in [-0.4, -0.2) is 139 Å². The SMILES string of the molecule is O=C(O)C1O[C@@H](Oc2cc(-c3ccc(C4O[C@H](CO)[C@@H](O)[C@H](O)[C@H]4O)cc3)ccc2[C@@H]2[C@@H](S(=O)(=O)C[C@H](O)c3ccc(F)cc3)C(=O)N2c2ccccc2)C(O)C(O)C1O. The summed E-state index contributed by atoms with van der Waals surface area (Å²) in [5.74, 6) is -4.38. The molecule has 1 amide bonds. The van der Waals surface area contributed by atoms with E-state index in [1.807, 2.05) is 0 Å².